The number of nitrogens with one attached hydrogen (secondary N) is 1. The molecule has 0 aliphatic heterocycles. The molecule has 0 aliphatic carbocycles. The van der Waals surface area contributed by atoms with Crippen molar-refractivity contribution in [3.63, 3.8) is 0 Å². The van der Waals surface area contributed by atoms with Gasteiger partial charge in [-0.1, -0.05) is 43.1 Å². The average Bonchev–Trinajstić information content (AvgIpc) is 2.48. The van der Waals surface area contributed by atoms with Crippen LogP contribution in [0.2, 0.25) is 10.0 Å². The lowest BCUT2D eigenvalue weighted by Crippen LogP contribution is -2.48. The summed E-state index contributed by atoms with van der Waals surface area (Å²) < 4.78 is 0. The monoisotopic (exact) mass is 359 g/mol. The Morgan fingerprint density at radius 3 is 2.52 bits per heavy atom. The Hall–Kier alpha value is -1.30. The summed E-state index contributed by atoms with van der Waals surface area (Å²) in [5, 5.41) is 3.11. The molecule has 0 aliphatic rings. The third kappa shape index (κ3) is 5.37. The van der Waals surface area contributed by atoms with Gasteiger partial charge in [0.2, 0.25) is 5.91 Å². The Bertz CT molecular complexity index is 591. The van der Waals surface area contributed by atoms with Gasteiger partial charge >= 0.3 is 0 Å². The number of amides is 2. The van der Waals surface area contributed by atoms with E-state index in [1.165, 1.54) is 0 Å². The van der Waals surface area contributed by atoms with E-state index < -0.39 is 11.9 Å². The number of likely N-dealkylation sites (N-methyl/N-ethyl adjacent to an activating group) is 1. The van der Waals surface area contributed by atoms with Crippen molar-refractivity contribution in [3.8, 4) is 0 Å². The summed E-state index contributed by atoms with van der Waals surface area (Å²) in [6.45, 7) is 6.55. The highest BCUT2D eigenvalue weighted by Gasteiger charge is 2.25. The van der Waals surface area contributed by atoms with E-state index in [9.17, 15) is 9.59 Å². The van der Waals surface area contributed by atoms with Crippen LogP contribution in [0.1, 0.15) is 31.1 Å². The van der Waals surface area contributed by atoms with Gasteiger partial charge in [-0.05, 0) is 31.0 Å². The molecule has 2 amide bonds. The minimum Gasteiger partial charge on any atom is -0.343 e. The first-order valence-corrected chi connectivity index (χ1v) is 8.04. The van der Waals surface area contributed by atoms with Crippen molar-refractivity contribution in [2.75, 3.05) is 20.1 Å². The molecule has 0 radical (unpaired) electrons. The highest BCUT2D eigenvalue weighted by atomic mass is 35.5. The predicted octanol–water partition coefficient (Wildman–Crippen LogP) is 2.55. The molecular formula is C16H23Cl2N3O2. The van der Waals surface area contributed by atoms with Crippen LogP contribution in [0, 0.1) is 5.41 Å². The van der Waals surface area contributed by atoms with Gasteiger partial charge in [-0.3, -0.25) is 9.59 Å². The van der Waals surface area contributed by atoms with Crippen molar-refractivity contribution in [1.29, 1.82) is 0 Å². The minimum absolute atomic E-state index is 0.170. The maximum atomic E-state index is 12.4. The summed E-state index contributed by atoms with van der Waals surface area (Å²) in [6.07, 6.45) is 0. The Balaban J connectivity index is 2.75. The first kappa shape index (κ1) is 19.7. The fraction of sp³-hybridized carbons (Fsp3) is 0.500. The predicted molar refractivity (Wildman–Crippen MR) is 93.9 cm³/mol. The zero-order chi connectivity index (χ0) is 17.8. The van der Waals surface area contributed by atoms with Crippen molar-refractivity contribution >= 4 is 35.0 Å². The first-order chi connectivity index (χ1) is 10.6. The molecule has 1 aromatic carbocycles. The van der Waals surface area contributed by atoms with Gasteiger partial charge in [0.05, 0.1) is 15.6 Å². The van der Waals surface area contributed by atoms with Crippen LogP contribution in [0.5, 0.6) is 0 Å². The lowest BCUT2D eigenvalue weighted by Gasteiger charge is -2.30. The average molecular weight is 360 g/mol. The summed E-state index contributed by atoms with van der Waals surface area (Å²) in [5.74, 6) is -0.636. The topological polar surface area (TPSA) is 75.4 Å². The van der Waals surface area contributed by atoms with Crippen LogP contribution in [-0.2, 0) is 4.79 Å². The van der Waals surface area contributed by atoms with Crippen molar-refractivity contribution in [3.05, 3.63) is 33.8 Å². The zero-order valence-corrected chi connectivity index (χ0v) is 15.3. The van der Waals surface area contributed by atoms with Gasteiger partial charge in [0.15, 0.2) is 0 Å². The molecule has 0 aromatic heterocycles. The molecule has 1 aromatic rings. The van der Waals surface area contributed by atoms with E-state index in [0.29, 0.717) is 18.1 Å². The van der Waals surface area contributed by atoms with E-state index in [2.05, 4.69) is 5.32 Å². The molecule has 0 saturated carbocycles. The van der Waals surface area contributed by atoms with E-state index in [4.69, 9.17) is 28.9 Å². The third-order valence-electron chi connectivity index (χ3n) is 3.51. The van der Waals surface area contributed by atoms with E-state index in [0.717, 1.165) is 0 Å². The van der Waals surface area contributed by atoms with Crippen molar-refractivity contribution in [2.45, 2.75) is 26.8 Å². The van der Waals surface area contributed by atoms with E-state index in [-0.39, 0.29) is 21.9 Å². The van der Waals surface area contributed by atoms with E-state index in [1.807, 2.05) is 13.8 Å². The highest BCUT2D eigenvalue weighted by molar-refractivity contribution is 6.43. The van der Waals surface area contributed by atoms with Gasteiger partial charge < -0.3 is 16.0 Å². The Labute approximate surface area is 147 Å². The standard InChI is InChI=1S/C16H23Cl2N3O2/c1-10(15(23)21(4)9-16(2,3)8-19)20-14(22)11-6-5-7-12(17)13(11)18/h5-7,10H,8-9,19H2,1-4H3,(H,20,22). The maximum absolute atomic E-state index is 12.4. The van der Waals surface area contributed by atoms with Crippen LogP contribution in [0.4, 0.5) is 0 Å². The molecule has 0 fully saturated rings. The van der Waals surface area contributed by atoms with E-state index in [1.54, 1.807) is 37.1 Å². The molecule has 23 heavy (non-hydrogen) atoms. The normalized spacial score (nSPS) is 12.7. The van der Waals surface area contributed by atoms with Gasteiger partial charge in [-0.2, -0.15) is 0 Å². The van der Waals surface area contributed by atoms with Gasteiger partial charge in [0.1, 0.15) is 6.04 Å². The number of nitrogens with two attached hydrogens (primary N) is 1. The van der Waals surface area contributed by atoms with Crippen LogP contribution in [0.15, 0.2) is 18.2 Å². The van der Waals surface area contributed by atoms with Crippen molar-refractivity contribution in [2.24, 2.45) is 11.1 Å². The number of carbonyl (C=O) groups excluding carboxylic acids is 2. The first-order valence-electron chi connectivity index (χ1n) is 7.29. The fourth-order valence-electron chi connectivity index (χ4n) is 2.13. The van der Waals surface area contributed by atoms with Crippen molar-refractivity contribution < 1.29 is 9.59 Å². The molecule has 0 heterocycles. The van der Waals surface area contributed by atoms with Gasteiger partial charge in [-0.25, -0.2) is 0 Å². The van der Waals surface area contributed by atoms with E-state index >= 15 is 0 Å². The smallest absolute Gasteiger partial charge is 0.253 e. The molecule has 7 heteroatoms. The molecule has 0 saturated heterocycles. The summed E-state index contributed by atoms with van der Waals surface area (Å²) in [6, 6.07) is 4.10. The SMILES string of the molecule is CC(NC(=O)c1cccc(Cl)c1Cl)C(=O)N(C)CC(C)(C)CN. The second-order valence-corrected chi connectivity index (χ2v) is 7.14. The summed E-state index contributed by atoms with van der Waals surface area (Å²) >= 11 is 11.9. The van der Waals surface area contributed by atoms with Crippen LogP contribution in [0.25, 0.3) is 0 Å². The van der Waals surface area contributed by atoms with Gasteiger partial charge in [-0.15, -0.1) is 0 Å². The number of hydrogen-bond acceptors (Lipinski definition) is 3. The summed E-state index contributed by atoms with van der Waals surface area (Å²) in [7, 11) is 1.69. The summed E-state index contributed by atoms with van der Waals surface area (Å²) in [5.41, 5.74) is 5.73. The van der Waals surface area contributed by atoms with Crippen LogP contribution in [0.3, 0.4) is 0 Å². The molecule has 1 rings (SSSR count). The number of rotatable bonds is 6. The molecule has 128 valence electrons. The lowest BCUT2D eigenvalue weighted by atomic mass is 9.93. The number of hydrogen-bond donors (Lipinski definition) is 2. The number of nitrogens with zero attached hydrogens (tertiary/aromatic N) is 1. The highest BCUT2D eigenvalue weighted by Crippen LogP contribution is 2.25. The zero-order valence-electron chi connectivity index (χ0n) is 13.8. The van der Waals surface area contributed by atoms with Crippen LogP contribution in [-0.4, -0.2) is 42.9 Å². The molecule has 0 bridgehead atoms. The minimum atomic E-state index is -0.684. The van der Waals surface area contributed by atoms with Gasteiger partial charge in [0.25, 0.3) is 5.91 Å². The summed E-state index contributed by atoms with van der Waals surface area (Å²) in [4.78, 5) is 26.2. The Morgan fingerprint density at radius 1 is 1.35 bits per heavy atom. The number of halogens is 2. The molecular weight excluding hydrogens is 337 g/mol. The molecule has 3 N–H and O–H groups in total. The van der Waals surface area contributed by atoms with Crippen LogP contribution >= 0.6 is 23.2 Å². The number of benzene rings is 1. The third-order valence-corrected chi connectivity index (χ3v) is 4.33. The fourth-order valence-corrected chi connectivity index (χ4v) is 2.52. The lowest BCUT2D eigenvalue weighted by molar-refractivity contribution is -0.132. The quantitative estimate of drug-likeness (QED) is 0.819. The largest absolute Gasteiger partial charge is 0.343 e. The molecule has 1 unspecified atom stereocenters. The second-order valence-electron chi connectivity index (χ2n) is 6.36. The molecule has 1 atom stereocenters. The second kappa shape index (κ2) is 7.99. The Kier molecular flexibility index (Phi) is 6.86. The van der Waals surface area contributed by atoms with Crippen LogP contribution < -0.4 is 11.1 Å². The Morgan fingerprint density at radius 2 is 1.96 bits per heavy atom. The molecule has 0 spiro atoms. The maximum Gasteiger partial charge on any atom is 0.253 e. The number of carbonyl (C=O) groups is 2. The van der Waals surface area contributed by atoms with Gasteiger partial charge in [0, 0.05) is 13.6 Å². The molecule has 5 nitrogen and oxygen atoms in total. The van der Waals surface area contributed by atoms with Crippen molar-refractivity contribution in [1.82, 2.24) is 10.2 Å².